The summed E-state index contributed by atoms with van der Waals surface area (Å²) < 4.78 is 1.74. The summed E-state index contributed by atoms with van der Waals surface area (Å²) in [6.07, 6.45) is 0.892. The van der Waals surface area contributed by atoms with Gasteiger partial charge in [-0.25, -0.2) is 0 Å². The van der Waals surface area contributed by atoms with Crippen molar-refractivity contribution in [3.05, 3.63) is 36.9 Å². The van der Waals surface area contributed by atoms with Crippen molar-refractivity contribution < 1.29 is 23.9 Å². The second-order valence-electron chi connectivity index (χ2n) is 4.46. The van der Waals surface area contributed by atoms with Crippen molar-refractivity contribution in [3.8, 4) is 0 Å². The number of rotatable bonds is 1. The third kappa shape index (κ3) is 3.28. The Kier molecular flexibility index (Phi) is 6.00. The zero-order chi connectivity index (χ0) is 14.7. The fraction of sp³-hybridized carbons (Fsp3) is 0.333. The van der Waals surface area contributed by atoms with Gasteiger partial charge in [0.2, 0.25) is 11.8 Å². The Bertz CT molecular complexity index is 651. The van der Waals surface area contributed by atoms with Crippen molar-refractivity contribution in [2.24, 2.45) is 7.05 Å². The Balaban J connectivity index is 0.000000706. The number of fused-ring (bicyclic) bond motifs is 1. The number of aryl methyl sites for hydroxylation is 1. The van der Waals surface area contributed by atoms with E-state index in [9.17, 15) is 9.59 Å². The minimum absolute atomic E-state index is 0. The molecule has 0 spiro atoms. The number of carbonyl (C=O) groups excluding carboxylic acids is 2. The average Bonchev–Trinajstić information content (AvgIpc) is 2.79. The Hall–Kier alpha value is -1.78. The molecule has 5 nitrogen and oxygen atoms in total. The van der Waals surface area contributed by atoms with Crippen molar-refractivity contribution in [2.45, 2.75) is 25.7 Å². The number of benzene rings is 1. The van der Waals surface area contributed by atoms with Crippen LogP contribution in [0.1, 0.15) is 31.4 Å². The van der Waals surface area contributed by atoms with Crippen LogP contribution in [0.15, 0.2) is 18.2 Å². The Morgan fingerprint density at radius 1 is 1.43 bits per heavy atom. The van der Waals surface area contributed by atoms with Crippen molar-refractivity contribution >= 4 is 22.7 Å². The monoisotopic (exact) mass is 512 g/mol. The molecule has 1 unspecified atom stereocenters. The number of piperidine rings is 1. The Labute approximate surface area is 131 Å². The van der Waals surface area contributed by atoms with Gasteiger partial charge < -0.3 is 11.6 Å². The van der Waals surface area contributed by atoms with E-state index in [1.54, 1.807) is 17.7 Å². The molecule has 2 amide bonds. The number of nitrogens with one attached hydrogen (secondary N) is 1. The summed E-state index contributed by atoms with van der Waals surface area (Å²) in [5.74, 6) is -0.794. The maximum atomic E-state index is 11.9. The van der Waals surface area contributed by atoms with Crippen LogP contribution in [0.4, 0.5) is 0 Å². The molecule has 1 aromatic heterocycles. The SMILES string of the molecule is Cn1nc(C2CCC(=O)NC2=O)c2cc[c-]cc21.[Am].[CH2-]C. The molecule has 2 aromatic rings. The number of amides is 2. The van der Waals surface area contributed by atoms with Gasteiger partial charge in [-0.15, -0.1) is 0 Å². The van der Waals surface area contributed by atoms with Crippen LogP contribution in [0.25, 0.3) is 10.9 Å². The molecule has 3 rings (SSSR count). The van der Waals surface area contributed by atoms with E-state index in [4.69, 9.17) is 0 Å². The van der Waals surface area contributed by atoms with E-state index in [-0.39, 0.29) is 32.0 Å². The van der Waals surface area contributed by atoms with E-state index in [1.807, 2.05) is 19.2 Å². The van der Waals surface area contributed by atoms with Crippen LogP contribution in [0.5, 0.6) is 0 Å². The van der Waals surface area contributed by atoms with Crippen molar-refractivity contribution in [1.82, 2.24) is 15.1 Å². The van der Waals surface area contributed by atoms with E-state index in [0.29, 0.717) is 12.8 Å². The van der Waals surface area contributed by atoms with Gasteiger partial charge in [0, 0.05) is 27.8 Å². The molecule has 1 aliphatic rings. The normalized spacial score (nSPS) is 17.6. The third-order valence-electron chi connectivity index (χ3n) is 3.29. The molecule has 6 heteroatoms. The van der Waals surface area contributed by atoms with Gasteiger partial charge in [0.15, 0.2) is 0 Å². The number of aromatic nitrogens is 2. The van der Waals surface area contributed by atoms with Crippen LogP contribution in [0, 0.1) is 27.3 Å². The maximum Gasteiger partial charge on any atom is 0.235 e. The molecule has 2 heterocycles. The van der Waals surface area contributed by atoms with Crippen LogP contribution in [0.3, 0.4) is 0 Å². The summed E-state index contributed by atoms with van der Waals surface area (Å²) in [6, 6.07) is 8.55. The first-order chi connectivity index (χ1) is 9.66. The van der Waals surface area contributed by atoms with E-state index in [2.05, 4.69) is 23.4 Å². The van der Waals surface area contributed by atoms with Gasteiger partial charge in [-0.1, -0.05) is 5.39 Å². The second kappa shape index (κ2) is 7.29. The van der Waals surface area contributed by atoms with E-state index < -0.39 is 0 Å². The van der Waals surface area contributed by atoms with Gasteiger partial charge in [-0.2, -0.15) is 36.3 Å². The van der Waals surface area contributed by atoms with Crippen molar-refractivity contribution in [3.63, 3.8) is 0 Å². The molecular formula is C15H17AmN3O2-2. The number of carbonyl (C=O) groups is 2. The minimum Gasteiger partial charge on any atom is -0.346 e. The second-order valence-corrected chi connectivity index (χ2v) is 4.46. The molecule has 1 saturated heterocycles. The zero-order valence-electron chi connectivity index (χ0n) is 12.0. The summed E-state index contributed by atoms with van der Waals surface area (Å²) in [4.78, 5) is 23.0. The van der Waals surface area contributed by atoms with E-state index in [1.165, 1.54) is 0 Å². The molecule has 1 aliphatic heterocycles. The smallest absolute Gasteiger partial charge is 0.235 e. The predicted octanol–water partition coefficient (Wildman–Crippen LogP) is 1.73. The van der Waals surface area contributed by atoms with E-state index >= 15 is 0 Å². The van der Waals surface area contributed by atoms with Gasteiger partial charge in [-0.05, 0) is 11.9 Å². The summed E-state index contributed by atoms with van der Waals surface area (Å²) >= 11 is 0. The van der Waals surface area contributed by atoms with Gasteiger partial charge in [0.05, 0.1) is 11.6 Å². The first-order valence-corrected chi connectivity index (χ1v) is 6.54. The topological polar surface area (TPSA) is 64.0 Å². The predicted molar refractivity (Wildman–Crippen MR) is 75.7 cm³/mol. The fourth-order valence-electron chi connectivity index (χ4n) is 2.39. The van der Waals surface area contributed by atoms with Crippen LogP contribution < -0.4 is 5.32 Å². The van der Waals surface area contributed by atoms with Crippen LogP contribution >= 0.6 is 0 Å². The summed E-state index contributed by atoms with van der Waals surface area (Å²) in [7, 11) is 1.84. The summed E-state index contributed by atoms with van der Waals surface area (Å²) in [5, 5.41) is 7.73. The molecule has 1 N–H and O–H groups in total. The third-order valence-corrected chi connectivity index (χ3v) is 3.29. The first kappa shape index (κ1) is 17.3. The van der Waals surface area contributed by atoms with Gasteiger partial charge >= 0.3 is 0 Å². The summed E-state index contributed by atoms with van der Waals surface area (Å²) in [6.45, 7) is 5.00. The van der Waals surface area contributed by atoms with E-state index in [0.717, 1.165) is 16.6 Å². The fourth-order valence-corrected chi connectivity index (χ4v) is 2.39. The van der Waals surface area contributed by atoms with Gasteiger partial charge in [0.25, 0.3) is 0 Å². The van der Waals surface area contributed by atoms with Gasteiger partial charge in [0.1, 0.15) is 0 Å². The quantitative estimate of drug-likeness (QED) is 0.466. The molecule has 0 bridgehead atoms. The molecule has 21 heavy (non-hydrogen) atoms. The molecule has 1 atom stereocenters. The van der Waals surface area contributed by atoms with Gasteiger partial charge in [-0.3, -0.25) is 14.9 Å². The minimum atomic E-state index is -0.339. The number of hydrogen-bond donors (Lipinski definition) is 1. The molecular weight excluding hydrogens is 497 g/mol. The Morgan fingerprint density at radius 3 is 2.81 bits per heavy atom. The first-order valence-electron chi connectivity index (χ1n) is 6.54. The standard InChI is InChI=1S/C13H12N3O2.C2H5.Am/c1-16-10-5-3-2-4-8(10)12(15-16)9-6-7-11(17)14-13(9)18;1-2;/h2,4-5,9H,6-7H2,1H3,(H,14,17,18);1H2,2H3;/q2*-1;. The Morgan fingerprint density at radius 2 is 2.14 bits per heavy atom. The van der Waals surface area contributed by atoms with Crippen molar-refractivity contribution in [2.75, 3.05) is 0 Å². The molecule has 113 valence electrons. The molecule has 1 fully saturated rings. The molecule has 0 aliphatic carbocycles. The number of nitrogens with zero attached hydrogens (tertiary/aromatic N) is 2. The molecule has 1 radical (unpaired) electrons. The molecule has 1 aromatic carbocycles. The number of hydrogen-bond acceptors (Lipinski definition) is 3. The van der Waals surface area contributed by atoms with Crippen LogP contribution in [0.2, 0.25) is 0 Å². The van der Waals surface area contributed by atoms with Crippen LogP contribution in [-0.4, -0.2) is 21.6 Å². The average molecular weight is 514 g/mol. The molecule has 0 saturated carbocycles. The maximum absolute atomic E-state index is 11.9. The zero-order valence-corrected chi connectivity index (χ0v) is 15.2. The largest absolute Gasteiger partial charge is 0.346 e. The van der Waals surface area contributed by atoms with Crippen LogP contribution in [-0.2, 0) is 16.6 Å². The summed E-state index contributed by atoms with van der Waals surface area (Å²) in [5.41, 5.74) is 1.68. The number of imide groups is 1. The van der Waals surface area contributed by atoms with Crippen molar-refractivity contribution in [1.29, 1.82) is 0 Å².